The molecule has 1 aliphatic carbocycles. The molecule has 0 amide bonds. The third-order valence-corrected chi connectivity index (χ3v) is 8.00. The lowest BCUT2D eigenvalue weighted by atomic mass is 9.91. The average molecular weight is 407 g/mol. The summed E-state index contributed by atoms with van der Waals surface area (Å²) in [6, 6.07) is 13.8. The van der Waals surface area contributed by atoms with Gasteiger partial charge in [0.05, 0.1) is 0 Å². The van der Waals surface area contributed by atoms with Gasteiger partial charge in [-0.25, -0.2) is 0 Å². The van der Waals surface area contributed by atoms with Gasteiger partial charge in [-0.3, -0.25) is 0 Å². The molecule has 0 saturated heterocycles. The van der Waals surface area contributed by atoms with Crippen molar-refractivity contribution < 1.29 is 0 Å². The first kappa shape index (κ1) is 15.9. The summed E-state index contributed by atoms with van der Waals surface area (Å²) in [5, 5.41) is 3.66. The Bertz CT molecular complexity index is 735. The van der Waals surface area contributed by atoms with E-state index in [1.165, 1.54) is 49.0 Å². The largest absolute Gasteiger partial charge is 0.381 e. The minimum absolute atomic E-state index is 0.276. The fourth-order valence-electron chi connectivity index (χ4n) is 3.21. The lowest BCUT2D eigenvalue weighted by Crippen LogP contribution is -2.42. The van der Waals surface area contributed by atoms with Crippen LogP contribution in [0.1, 0.15) is 25.7 Å². The summed E-state index contributed by atoms with van der Waals surface area (Å²) in [6.07, 6.45) is 4.86. The van der Waals surface area contributed by atoms with E-state index < -0.39 is 0 Å². The fourth-order valence-corrected chi connectivity index (χ4v) is 6.24. The zero-order chi connectivity index (χ0) is 15.8. The van der Waals surface area contributed by atoms with Crippen LogP contribution in [0.25, 0.3) is 0 Å². The minimum Gasteiger partial charge on any atom is -0.381 e. The maximum absolute atomic E-state index is 6.27. The Hall–Kier alpha value is -0.620. The smallest absolute Gasteiger partial charge is 0.0412 e. The summed E-state index contributed by atoms with van der Waals surface area (Å²) < 4.78 is 1.17. The number of halogens is 1. The molecule has 0 spiro atoms. The normalized spacial score (nSPS) is 23.0. The van der Waals surface area contributed by atoms with Crippen LogP contribution in [0.3, 0.4) is 0 Å². The van der Waals surface area contributed by atoms with Gasteiger partial charge < -0.3 is 11.1 Å². The van der Waals surface area contributed by atoms with E-state index in [4.69, 9.17) is 5.73 Å². The van der Waals surface area contributed by atoms with Crippen LogP contribution in [0.5, 0.6) is 0 Å². The van der Waals surface area contributed by atoms with E-state index in [1.54, 1.807) is 0 Å². The second-order valence-corrected chi connectivity index (χ2v) is 9.12. The van der Waals surface area contributed by atoms with Gasteiger partial charge in [-0.05, 0) is 59.1 Å². The summed E-state index contributed by atoms with van der Waals surface area (Å²) in [5.74, 6) is 0. The van der Waals surface area contributed by atoms with Crippen LogP contribution in [0.4, 0.5) is 5.69 Å². The highest BCUT2D eigenvalue weighted by molar-refractivity contribution is 9.10. The van der Waals surface area contributed by atoms with E-state index >= 15 is 0 Å². The van der Waals surface area contributed by atoms with Crippen molar-refractivity contribution in [3.63, 3.8) is 0 Å². The molecular formula is C18H19BrN2S2. The van der Waals surface area contributed by atoms with Crippen LogP contribution in [0.15, 0.2) is 60.5 Å². The highest BCUT2D eigenvalue weighted by Crippen LogP contribution is 2.51. The summed E-state index contributed by atoms with van der Waals surface area (Å²) in [7, 11) is 0. The van der Waals surface area contributed by atoms with Crippen LogP contribution >= 0.6 is 39.5 Å². The van der Waals surface area contributed by atoms with Crippen molar-refractivity contribution in [1.82, 2.24) is 0 Å². The van der Waals surface area contributed by atoms with Gasteiger partial charge >= 0.3 is 0 Å². The van der Waals surface area contributed by atoms with Crippen LogP contribution < -0.4 is 11.1 Å². The van der Waals surface area contributed by atoms with Gasteiger partial charge in [0.15, 0.2) is 0 Å². The molecule has 0 radical (unpaired) electrons. The van der Waals surface area contributed by atoms with Crippen molar-refractivity contribution in [2.24, 2.45) is 5.73 Å². The lowest BCUT2D eigenvalue weighted by Gasteiger charge is -2.30. The SMILES string of the molecule is N[C@@H]1CCCC[C@H]1Nc1ccc2c(c1)Sc1cccc(Br)c1S2. The Balaban J connectivity index is 1.57. The Labute approximate surface area is 154 Å². The molecule has 2 aliphatic rings. The first-order chi connectivity index (χ1) is 11.2. The van der Waals surface area contributed by atoms with E-state index in [2.05, 4.69) is 57.6 Å². The Morgan fingerprint density at radius 2 is 1.87 bits per heavy atom. The molecule has 23 heavy (non-hydrogen) atoms. The van der Waals surface area contributed by atoms with Crippen molar-refractivity contribution >= 4 is 45.1 Å². The monoisotopic (exact) mass is 406 g/mol. The third-order valence-electron chi connectivity index (χ3n) is 4.48. The molecule has 1 saturated carbocycles. The Morgan fingerprint density at radius 1 is 1.00 bits per heavy atom. The molecule has 2 atom stereocenters. The van der Waals surface area contributed by atoms with Crippen LogP contribution in [-0.4, -0.2) is 12.1 Å². The molecule has 2 nitrogen and oxygen atoms in total. The first-order valence-corrected chi connectivity index (χ1v) is 10.4. The lowest BCUT2D eigenvalue weighted by molar-refractivity contribution is 0.404. The number of anilines is 1. The molecule has 1 aliphatic heterocycles. The molecule has 2 aromatic rings. The maximum atomic E-state index is 6.27. The van der Waals surface area contributed by atoms with Crippen molar-refractivity contribution in [2.45, 2.75) is 57.3 Å². The quantitative estimate of drug-likeness (QED) is 0.568. The predicted molar refractivity (Wildman–Crippen MR) is 103 cm³/mol. The van der Waals surface area contributed by atoms with Gasteiger partial charge in [0.25, 0.3) is 0 Å². The maximum Gasteiger partial charge on any atom is 0.0412 e. The van der Waals surface area contributed by atoms with E-state index in [-0.39, 0.29) is 6.04 Å². The van der Waals surface area contributed by atoms with Crippen LogP contribution in [0.2, 0.25) is 0 Å². The summed E-state index contributed by atoms with van der Waals surface area (Å²) in [4.78, 5) is 5.30. The summed E-state index contributed by atoms with van der Waals surface area (Å²) in [5.41, 5.74) is 7.46. The van der Waals surface area contributed by atoms with Gasteiger partial charge in [0.1, 0.15) is 0 Å². The number of rotatable bonds is 2. The molecule has 0 unspecified atom stereocenters. The molecular weight excluding hydrogens is 388 g/mol. The number of nitrogens with one attached hydrogen (secondary N) is 1. The van der Waals surface area contributed by atoms with Gasteiger partial charge in [-0.2, -0.15) is 0 Å². The Kier molecular flexibility index (Phi) is 4.63. The molecule has 1 fully saturated rings. The predicted octanol–water partition coefficient (Wildman–Crippen LogP) is 5.75. The molecule has 120 valence electrons. The van der Waals surface area contributed by atoms with Crippen molar-refractivity contribution in [3.05, 3.63) is 40.9 Å². The van der Waals surface area contributed by atoms with E-state index in [9.17, 15) is 0 Å². The van der Waals surface area contributed by atoms with Crippen LogP contribution in [-0.2, 0) is 0 Å². The van der Waals surface area contributed by atoms with Crippen molar-refractivity contribution in [1.29, 1.82) is 0 Å². The molecule has 1 heterocycles. The van der Waals surface area contributed by atoms with Crippen molar-refractivity contribution in [3.8, 4) is 0 Å². The number of benzene rings is 2. The first-order valence-electron chi connectivity index (χ1n) is 8.01. The van der Waals surface area contributed by atoms with Crippen molar-refractivity contribution in [2.75, 3.05) is 5.32 Å². The van der Waals surface area contributed by atoms with Gasteiger partial charge in [-0.15, -0.1) is 0 Å². The van der Waals surface area contributed by atoms with Crippen LogP contribution in [0, 0.1) is 0 Å². The topological polar surface area (TPSA) is 38.0 Å². The fraction of sp³-hybridized carbons (Fsp3) is 0.333. The molecule has 5 heteroatoms. The molecule has 2 aromatic carbocycles. The van der Waals surface area contributed by atoms with Gasteiger partial charge in [0.2, 0.25) is 0 Å². The second kappa shape index (κ2) is 6.71. The van der Waals surface area contributed by atoms with Gasteiger partial charge in [0, 0.05) is 41.8 Å². The third kappa shape index (κ3) is 3.29. The van der Waals surface area contributed by atoms with Gasteiger partial charge in [-0.1, -0.05) is 42.4 Å². The van der Waals surface area contributed by atoms with E-state index in [0.29, 0.717) is 6.04 Å². The number of hydrogen-bond acceptors (Lipinski definition) is 4. The zero-order valence-corrected chi connectivity index (χ0v) is 15.9. The highest BCUT2D eigenvalue weighted by Gasteiger charge is 2.23. The Morgan fingerprint density at radius 3 is 2.74 bits per heavy atom. The number of fused-ring (bicyclic) bond motifs is 2. The molecule has 3 N–H and O–H groups in total. The van der Waals surface area contributed by atoms with E-state index in [0.717, 1.165) is 6.42 Å². The zero-order valence-electron chi connectivity index (χ0n) is 12.7. The average Bonchev–Trinajstić information content (AvgIpc) is 2.56. The number of nitrogens with two attached hydrogens (primary N) is 1. The molecule has 0 aromatic heterocycles. The minimum atomic E-state index is 0.276. The highest BCUT2D eigenvalue weighted by atomic mass is 79.9. The second-order valence-electron chi connectivity index (χ2n) is 6.13. The molecule has 4 rings (SSSR count). The summed E-state index contributed by atoms with van der Waals surface area (Å²) >= 11 is 7.36. The number of hydrogen-bond donors (Lipinski definition) is 2. The molecule has 0 bridgehead atoms. The van der Waals surface area contributed by atoms with E-state index in [1.807, 2.05) is 23.5 Å². The standard InChI is InChI=1S/C18H19BrN2S2/c19-12-4-3-7-16-18(12)23-15-9-8-11(10-17(15)22-16)21-14-6-2-1-5-13(14)20/h3-4,7-10,13-14,21H,1-2,5-6,20H2/t13-,14-/m1/s1. The summed E-state index contributed by atoms with van der Waals surface area (Å²) in [6.45, 7) is 0.